The molecule has 8 nitrogen and oxygen atoms in total. The monoisotopic (exact) mass is 479 g/mol. The van der Waals surface area contributed by atoms with Gasteiger partial charge < -0.3 is 15.4 Å². The molecule has 2 aromatic carbocycles. The number of hydrogen-bond donors (Lipinski definition) is 2. The zero-order valence-corrected chi connectivity index (χ0v) is 19.6. The van der Waals surface area contributed by atoms with Gasteiger partial charge >= 0.3 is 0 Å². The molecule has 0 unspecified atom stereocenters. The molecule has 2 aromatic rings. The zero-order chi connectivity index (χ0) is 23.3. The van der Waals surface area contributed by atoms with E-state index in [0.717, 1.165) is 25.7 Å². The van der Waals surface area contributed by atoms with Crippen LogP contribution in [0.2, 0.25) is 5.02 Å². The van der Waals surface area contributed by atoms with Gasteiger partial charge in [-0.1, -0.05) is 24.4 Å². The van der Waals surface area contributed by atoms with Crippen molar-refractivity contribution < 1.29 is 22.7 Å². The molecule has 0 bridgehead atoms. The molecular weight excluding hydrogens is 454 g/mol. The highest BCUT2D eigenvalue weighted by molar-refractivity contribution is 7.89. The second kappa shape index (κ2) is 10.3. The van der Waals surface area contributed by atoms with Crippen LogP contribution in [0.25, 0.3) is 0 Å². The van der Waals surface area contributed by atoms with Crippen molar-refractivity contribution in [2.45, 2.75) is 37.5 Å². The number of rotatable bonds is 6. The van der Waals surface area contributed by atoms with Gasteiger partial charge in [0.1, 0.15) is 10.6 Å². The van der Waals surface area contributed by atoms with Gasteiger partial charge in [-0.25, -0.2) is 8.42 Å². The van der Waals surface area contributed by atoms with E-state index < -0.39 is 15.9 Å². The number of amides is 2. The van der Waals surface area contributed by atoms with E-state index in [1.807, 2.05) is 0 Å². The van der Waals surface area contributed by atoms with Crippen LogP contribution < -0.4 is 15.4 Å². The average molecular weight is 480 g/mol. The molecule has 3 rings (SSSR count). The van der Waals surface area contributed by atoms with Crippen molar-refractivity contribution in [2.24, 2.45) is 0 Å². The average Bonchev–Trinajstić information content (AvgIpc) is 3.04. The Kier molecular flexibility index (Phi) is 7.76. The fourth-order valence-electron chi connectivity index (χ4n) is 3.54. The van der Waals surface area contributed by atoms with E-state index in [1.165, 1.54) is 36.5 Å². The lowest BCUT2D eigenvalue weighted by Gasteiger charge is -2.21. The number of carbonyl (C=O) groups is 2. The normalized spacial score (nSPS) is 15.0. The highest BCUT2D eigenvalue weighted by atomic mass is 35.5. The molecule has 0 radical (unpaired) electrons. The number of nitrogens with zero attached hydrogens (tertiary/aromatic N) is 1. The SMILES string of the molecule is COc1ccc(NC(C)=O)cc1NC(=O)c1ccc(Cl)c(S(=O)(=O)N2CCCCCC2)c1. The van der Waals surface area contributed by atoms with Crippen LogP contribution in [0.4, 0.5) is 11.4 Å². The first-order chi connectivity index (χ1) is 15.2. The number of halogens is 1. The van der Waals surface area contributed by atoms with Gasteiger partial charge in [-0.2, -0.15) is 4.31 Å². The molecule has 0 aliphatic carbocycles. The standard InChI is InChI=1S/C22H26ClN3O5S/c1-15(27)24-17-8-10-20(31-2)19(14-17)25-22(28)16-7-9-18(23)21(13-16)32(29,30)26-11-5-3-4-6-12-26/h7-10,13-14H,3-6,11-12H2,1-2H3,(H,24,27)(H,25,28). The largest absolute Gasteiger partial charge is 0.495 e. The summed E-state index contributed by atoms with van der Waals surface area (Å²) in [6.07, 6.45) is 3.56. The summed E-state index contributed by atoms with van der Waals surface area (Å²) in [6, 6.07) is 8.97. The van der Waals surface area contributed by atoms with Crippen LogP contribution in [-0.4, -0.2) is 44.7 Å². The van der Waals surface area contributed by atoms with Gasteiger partial charge in [-0.3, -0.25) is 9.59 Å². The maximum Gasteiger partial charge on any atom is 0.255 e. The Morgan fingerprint density at radius 3 is 2.31 bits per heavy atom. The molecule has 172 valence electrons. The van der Waals surface area contributed by atoms with Gasteiger partial charge in [0, 0.05) is 31.3 Å². The van der Waals surface area contributed by atoms with Crippen molar-refractivity contribution in [3.8, 4) is 5.75 Å². The smallest absolute Gasteiger partial charge is 0.255 e. The number of ether oxygens (including phenoxy) is 1. The Labute approximate surface area is 192 Å². The second-order valence-corrected chi connectivity index (χ2v) is 9.83. The molecule has 1 aliphatic rings. The molecule has 10 heteroatoms. The summed E-state index contributed by atoms with van der Waals surface area (Å²) in [7, 11) is -2.37. The minimum Gasteiger partial charge on any atom is -0.495 e. The molecule has 1 aliphatic heterocycles. The summed E-state index contributed by atoms with van der Waals surface area (Å²) in [5.41, 5.74) is 0.944. The van der Waals surface area contributed by atoms with Crippen LogP contribution in [-0.2, 0) is 14.8 Å². The van der Waals surface area contributed by atoms with E-state index in [0.29, 0.717) is 30.2 Å². The molecule has 2 amide bonds. The third-order valence-electron chi connectivity index (χ3n) is 5.14. The molecule has 0 saturated carbocycles. The van der Waals surface area contributed by atoms with Crippen LogP contribution in [0.15, 0.2) is 41.3 Å². The van der Waals surface area contributed by atoms with Crippen molar-refractivity contribution in [3.63, 3.8) is 0 Å². The number of hydrogen-bond acceptors (Lipinski definition) is 5. The summed E-state index contributed by atoms with van der Waals surface area (Å²) in [4.78, 5) is 24.2. The third-order valence-corrected chi connectivity index (χ3v) is 7.52. The summed E-state index contributed by atoms with van der Waals surface area (Å²) in [5.74, 6) is -0.403. The maximum absolute atomic E-state index is 13.2. The zero-order valence-electron chi connectivity index (χ0n) is 18.0. The number of nitrogens with one attached hydrogen (secondary N) is 2. The summed E-state index contributed by atoms with van der Waals surface area (Å²) in [6.45, 7) is 2.24. The Morgan fingerprint density at radius 1 is 1.00 bits per heavy atom. The highest BCUT2D eigenvalue weighted by Crippen LogP contribution is 2.30. The van der Waals surface area contributed by atoms with E-state index in [9.17, 15) is 18.0 Å². The Morgan fingerprint density at radius 2 is 1.69 bits per heavy atom. The van der Waals surface area contributed by atoms with Crippen molar-refractivity contribution >= 4 is 44.8 Å². The Hall–Kier alpha value is -2.62. The van der Waals surface area contributed by atoms with Crippen LogP contribution in [0, 0.1) is 0 Å². The summed E-state index contributed by atoms with van der Waals surface area (Å²) >= 11 is 6.22. The second-order valence-electron chi connectivity index (χ2n) is 7.51. The van der Waals surface area contributed by atoms with Crippen molar-refractivity contribution in [1.29, 1.82) is 0 Å². The van der Waals surface area contributed by atoms with Gasteiger partial charge in [0.15, 0.2) is 0 Å². The Bertz CT molecular complexity index is 1110. The predicted octanol–water partition coefficient (Wildman–Crippen LogP) is 4.12. The highest BCUT2D eigenvalue weighted by Gasteiger charge is 2.28. The lowest BCUT2D eigenvalue weighted by atomic mass is 10.2. The van der Waals surface area contributed by atoms with Crippen LogP contribution in [0.5, 0.6) is 5.75 Å². The molecular formula is C22H26ClN3O5S. The quantitative estimate of drug-likeness (QED) is 0.648. The van der Waals surface area contributed by atoms with Gasteiger partial charge in [-0.05, 0) is 49.2 Å². The minimum atomic E-state index is -3.83. The van der Waals surface area contributed by atoms with Crippen molar-refractivity contribution in [1.82, 2.24) is 4.31 Å². The molecule has 1 fully saturated rings. The number of anilines is 2. The van der Waals surface area contributed by atoms with E-state index in [2.05, 4.69) is 10.6 Å². The van der Waals surface area contributed by atoms with E-state index >= 15 is 0 Å². The maximum atomic E-state index is 13.2. The summed E-state index contributed by atoms with van der Waals surface area (Å²) < 4.78 is 33.1. The molecule has 32 heavy (non-hydrogen) atoms. The first-order valence-electron chi connectivity index (χ1n) is 10.3. The fraction of sp³-hybridized carbons (Fsp3) is 0.364. The first kappa shape index (κ1) is 24.0. The van der Waals surface area contributed by atoms with E-state index in [1.54, 1.807) is 18.2 Å². The van der Waals surface area contributed by atoms with Crippen molar-refractivity contribution in [3.05, 3.63) is 47.0 Å². The Balaban J connectivity index is 1.89. The van der Waals surface area contributed by atoms with Gasteiger partial charge in [0.05, 0.1) is 17.8 Å². The molecule has 0 atom stereocenters. The lowest BCUT2D eigenvalue weighted by molar-refractivity contribution is -0.114. The van der Waals surface area contributed by atoms with E-state index in [4.69, 9.17) is 16.3 Å². The molecule has 0 spiro atoms. The molecule has 2 N–H and O–H groups in total. The molecule has 1 heterocycles. The fourth-order valence-corrected chi connectivity index (χ4v) is 5.56. The first-order valence-corrected chi connectivity index (χ1v) is 12.1. The van der Waals surface area contributed by atoms with Crippen LogP contribution >= 0.6 is 11.6 Å². The van der Waals surface area contributed by atoms with Gasteiger partial charge in [-0.15, -0.1) is 0 Å². The third kappa shape index (κ3) is 5.59. The number of carbonyl (C=O) groups excluding carboxylic acids is 2. The van der Waals surface area contributed by atoms with E-state index in [-0.39, 0.29) is 21.4 Å². The van der Waals surface area contributed by atoms with Crippen LogP contribution in [0.3, 0.4) is 0 Å². The number of benzene rings is 2. The van der Waals surface area contributed by atoms with Crippen LogP contribution in [0.1, 0.15) is 43.0 Å². The molecule has 1 saturated heterocycles. The number of methoxy groups -OCH3 is 1. The minimum absolute atomic E-state index is 0.0658. The topological polar surface area (TPSA) is 105 Å². The predicted molar refractivity (Wildman–Crippen MR) is 124 cm³/mol. The summed E-state index contributed by atoms with van der Waals surface area (Å²) in [5, 5.41) is 5.42. The van der Waals surface area contributed by atoms with Gasteiger partial charge in [0.2, 0.25) is 15.9 Å². The lowest BCUT2D eigenvalue weighted by Crippen LogP contribution is -2.32. The van der Waals surface area contributed by atoms with Gasteiger partial charge in [0.25, 0.3) is 5.91 Å². The number of sulfonamides is 1. The van der Waals surface area contributed by atoms with Crippen molar-refractivity contribution in [2.75, 3.05) is 30.8 Å². The molecule has 0 aromatic heterocycles.